The van der Waals surface area contributed by atoms with Gasteiger partial charge >= 0.3 is 5.97 Å². The van der Waals surface area contributed by atoms with Crippen molar-refractivity contribution in [3.8, 4) is 0 Å². The molecule has 1 atom stereocenters. The Morgan fingerprint density at radius 1 is 1.02 bits per heavy atom. The van der Waals surface area contributed by atoms with Gasteiger partial charge in [0.05, 0.1) is 32.9 Å². The predicted octanol–water partition coefficient (Wildman–Crippen LogP) is 4.53. The zero-order valence-electron chi connectivity index (χ0n) is 24.4. The number of benzene rings is 3. The zero-order valence-corrected chi connectivity index (χ0v) is 27.5. The first-order valence-corrected chi connectivity index (χ1v) is 16.8. The second-order valence-electron chi connectivity index (χ2n) is 10.8. The highest BCUT2D eigenvalue weighted by atomic mass is 35.5. The average Bonchev–Trinajstić information content (AvgIpc) is 3.41. The van der Waals surface area contributed by atoms with Crippen molar-refractivity contribution in [3.63, 3.8) is 0 Å². The Bertz CT molecular complexity index is 2030. The van der Waals surface area contributed by atoms with Crippen LogP contribution in [0.4, 0.5) is 0 Å². The van der Waals surface area contributed by atoms with E-state index in [-0.39, 0.29) is 33.6 Å². The van der Waals surface area contributed by atoms with Crippen LogP contribution < -0.4 is 10.6 Å². The maximum absolute atomic E-state index is 13.3. The van der Waals surface area contributed by atoms with Gasteiger partial charge in [-0.1, -0.05) is 53.0 Å². The molecule has 3 amide bonds. The predicted molar refractivity (Wildman–Crippen MR) is 174 cm³/mol. The van der Waals surface area contributed by atoms with Crippen molar-refractivity contribution in [2.75, 3.05) is 19.3 Å². The highest BCUT2D eigenvalue weighted by molar-refractivity contribution is 7.89. The molecular formula is C31H27Cl3N4O7S. The number of carbonyl (C=O) groups excluding carboxylic acids is 3. The molecule has 0 saturated heterocycles. The topological polar surface area (TPSA) is 155 Å². The summed E-state index contributed by atoms with van der Waals surface area (Å²) in [5, 5.41) is 15.5. The van der Waals surface area contributed by atoms with Gasteiger partial charge in [0.2, 0.25) is 10.0 Å². The first-order chi connectivity index (χ1) is 21.7. The third-order valence-electron chi connectivity index (χ3n) is 7.68. The number of fused-ring (bicyclic) bond motifs is 2. The number of amides is 3. The smallest absolute Gasteiger partial charge is 0.328 e. The molecule has 1 aliphatic rings. The van der Waals surface area contributed by atoms with Gasteiger partial charge in [0.25, 0.3) is 17.7 Å². The zero-order chi connectivity index (χ0) is 33.5. The molecule has 1 aromatic heterocycles. The van der Waals surface area contributed by atoms with Crippen LogP contribution in [0.15, 0.2) is 54.7 Å². The molecule has 240 valence electrons. The number of nitrogens with one attached hydrogen (secondary N) is 2. The van der Waals surface area contributed by atoms with Crippen molar-refractivity contribution in [1.82, 2.24) is 19.5 Å². The van der Waals surface area contributed by atoms with E-state index < -0.39 is 40.4 Å². The lowest BCUT2D eigenvalue weighted by Gasteiger charge is -2.30. The van der Waals surface area contributed by atoms with E-state index in [4.69, 9.17) is 34.8 Å². The number of carboxylic acids is 1. The minimum atomic E-state index is -3.76. The van der Waals surface area contributed by atoms with Crippen molar-refractivity contribution >= 4 is 79.4 Å². The highest BCUT2D eigenvalue weighted by Crippen LogP contribution is 2.35. The van der Waals surface area contributed by atoms with Crippen LogP contribution in [0.25, 0.3) is 10.9 Å². The van der Waals surface area contributed by atoms with E-state index in [1.54, 1.807) is 54.3 Å². The van der Waals surface area contributed by atoms with Gasteiger partial charge in [-0.3, -0.25) is 14.4 Å². The molecule has 0 radical (unpaired) electrons. The Morgan fingerprint density at radius 3 is 2.37 bits per heavy atom. The number of halogens is 3. The molecule has 0 spiro atoms. The lowest BCUT2D eigenvalue weighted by atomic mass is 9.96. The lowest BCUT2D eigenvalue weighted by molar-refractivity contribution is -0.139. The Balaban J connectivity index is 1.32. The van der Waals surface area contributed by atoms with Gasteiger partial charge in [-0.2, -0.15) is 0 Å². The SMILES string of the molecule is Cc1cccc2c(C(=O)NCC(NC(=O)c3c(Cl)cc4c(c3Cl)CCN(C(=O)c3ccc(Cl)cc3)C4)C(=O)O)cn(S(C)(=O)=O)c12. The summed E-state index contributed by atoms with van der Waals surface area (Å²) in [6, 6.07) is 11.4. The minimum Gasteiger partial charge on any atom is -0.480 e. The molecule has 11 nitrogen and oxygen atoms in total. The molecular weight excluding hydrogens is 679 g/mol. The van der Waals surface area contributed by atoms with E-state index >= 15 is 0 Å². The molecule has 3 aromatic carbocycles. The number of carboxylic acid groups (broad SMARTS) is 1. The van der Waals surface area contributed by atoms with Gasteiger partial charge in [0.15, 0.2) is 0 Å². The molecule has 0 saturated carbocycles. The van der Waals surface area contributed by atoms with E-state index in [9.17, 15) is 32.7 Å². The minimum absolute atomic E-state index is 0.0176. The summed E-state index contributed by atoms with van der Waals surface area (Å²) in [5.74, 6) is -3.26. The molecule has 5 rings (SSSR count). The Kier molecular flexibility index (Phi) is 9.37. The molecule has 3 N–H and O–H groups in total. The van der Waals surface area contributed by atoms with Crippen molar-refractivity contribution < 1.29 is 32.7 Å². The van der Waals surface area contributed by atoms with E-state index in [1.165, 1.54) is 12.3 Å². The number of aromatic nitrogens is 1. The lowest BCUT2D eigenvalue weighted by Crippen LogP contribution is -2.48. The molecule has 15 heteroatoms. The van der Waals surface area contributed by atoms with Gasteiger partial charge in [0, 0.05) is 41.8 Å². The maximum atomic E-state index is 13.3. The fourth-order valence-electron chi connectivity index (χ4n) is 5.39. The van der Waals surface area contributed by atoms with Gasteiger partial charge in [-0.25, -0.2) is 17.2 Å². The van der Waals surface area contributed by atoms with Crippen LogP contribution in [-0.2, 0) is 27.8 Å². The van der Waals surface area contributed by atoms with Crippen molar-refractivity contribution in [3.05, 3.63) is 103 Å². The average molecular weight is 706 g/mol. The molecule has 46 heavy (non-hydrogen) atoms. The normalized spacial score (nSPS) is 13.6. The van der Waals surface area contributed by atoms with Crippen LogP contribution in [0.2, 0.25) is 15.1 Å². The number of hydrogen-bond acceptors (Lipinski definition) is 6. The van der Waals surface area contributed by atoms with Crippen LogP contribution in [0, 0.1) is 6.92 Å². The van der Waals surface area contributed by atoms with E-state index in [0.29, 0.717) is 51.1 Å². The molecule has 0 aliphatic carbocycles. The number of aliphatic carboxylic acids is 1. The fraction of sp³-hybridized carbons (Fsp3) is 0.226. The molecule has 1 unspecified atom stereocenters. The number of rotatable bonds is 8. The Labute approximate surface area is 279 Å². The van der Waals surface area contributed by atoms with E-state index in [0.717, 1.165) is 10.2 Å². The van der Waals surface area contributed by atoms with Crippen LogP contribution in [0.5, 0.6) is 0 Å². The third kappa shape index (κ3) is 6.57. The van der Waals surface area contributed by atoms with Gasteiger partial charge < -0.3 is 20.6 Å². The van der Waals surface area contributed by atoms with E-state index in [2.05, 4.69) is 10.6 Å². The summed E-state index contributed by atoms with van der Waals surface area (Å²) in [4.78, 5) is 53.2. The number of nitrogens with zero attached hydrogens (tertiary/aromatic N) is 2. The standard InChI is InChI=1S/C31H27Cl3N4O7S/c1-16-4-3-5-21-22(15-38(27(16)21)46(2,44)45)28(39)35-13-24(31(42)43)36-29(40)25-23(33)12-18-14-37(11-10-20(18)26(25)34)30(41)17-6-8-19(32)9-7-17/h3-9,12,15,24H,10-11,13-14H2,1-2H3,(H,35,39)(H,36,40)(H,42,43). The second kappa shape index (κ2) is 13.0. The molecule has 0 bridgehead atoms. The largest absolute Gasteiger partial charge is 0.480 e. The van der Waals surface area contributed by atoms with E-state index in [1.807, 2.05) is 0 Å². The molecule has 2 heterocycles. The number of hydrogen-bond donors (Lipinski definition) is 3. The fourth-order valence-corrected chi connectivity index (χ4v) is 7.15. The monoisotopic (exact) mass is 704 g/mol. The van der Waals surface area contributed by atoms with Crippen molar-refractivity contribution in [1.29, 1.82) is 0 Å². The van der Waals surface area contributed by atoms with Crippen LogP contribution in [-0.4, -0.2) is 71.5 Å². The summed E-state index contributed by atoms with van der Waals surface area (Å²) in [6.45, 7) is 1.68. The number of carbonyl (C=O) groups is 4. The molecule has 4 aromatic rings. The quantitative estimate of drug-likeness (QED) is 0.243. The van der Waals surface area contributed by atoms with Gasteiger partial charge in [0.1, 0.15) is 6.04 Å². The molecule has 0 fully saturated rings. The second-order valence-corrected chi connectivity index (χ2v) is 13.9. The summed E-state index contributed by atoms with van der Waals surface area (Å²) in [7, 11) is -3.76. The Morgan fingerprint density at radius 2 is 1.72 bits per heavy atom. The molecule has 1 aliphatic heterocycles. The third-order valence-corrected chi connectivity index (χ3v) is 9.65. The van der Waals surface area contributed by atoms with Gasteiger partial charge in [-0.15, -0.1) is 0 Å². The highest BCUT2D eigenvalue weighted by Gasteiger charge is 2.30. The maximum Gasteiger partial charge on any atom is 0.328 e. The summed E-state index contributed by atoms with van der Waals surface area (Å²) in [5.41, 5.74) is 2.54. The van der Waals surface area contributed by atoms with Crippen molar-refractivity contribution in [2.45, 2.75) is 25.9 Å². The van der Waals surface area contributed by atoms with Crippen molar-refractivity contribution in [2.24, 2.45) is 0 Å². The van der Waals surface area contributed by atoms with Crippen LogP contribution in [0.1, 0.15) is 47.8 Å². The summed E-state index contributed by atoms with van der Waals surface area (Å²) < 4.78 is 25.7. The summed E-state index contributed by atoms with van der Waals surface area (Å²) in [6.07, 6.45) is 2.50. The summed E-state index contributed by atoms with van der Waals surface area (Å²) >= 11 is 19.0. The van der Waals surface area contributed by atoms with Crippen LogP contribution in [0.3, 0.4) is 0 Å². The first kappa shape index (κ1) is 33.3. The number of para-hydroxylation sites is 1. The van der Waals surface area contributed by atoms with Gasteiger partial charge in [-0.05, 0) is 60.4 Å². The number of aryl methyl sites for hydroxylation is 1. The van der Waals surface area contributed by atoms with Crippen LogP contribution >= 0.6 is 34.8 Å². The Hall–Kier alpha value is -4.10. The first-order valence-electron chi connectivity index (χ1n) is 13.8.